The number of aromatic amines is 1. The molecule has 0 bridgehead atoms. The molecule has 2 aromatic rings. The Labute approximate surface area is 89.5 Å². The molecule has 6 heteroatoms. The quantitative estimate of drug-likeness (QED) is 0.707. The number of carbonyl (C=O) groups is 2. The second kappa shape index (κ2) is 3.34. The van der Waals surface area contributed by atoms with Crippen LogP contribution in [-0.4, -0.2) is 32.1 Å². The number of nitrogens with one attached hydrogen (secondary N) is 1. The van der Waals surface area contributed by atoms with Crippen LogP contribution in [0.3, 0.4) is 0 Å². The lowest BCUT2D eigenvalue weighted by Gasteiger charge is -2.00. The minimum atomic E-state index is -1.28. The summed E-state index contributed by atoms with van der Waals surface area (Å²) < 4.78 is 0. The third-order valence-electron chi connectivity index (χ3n) is 2.20. The Morgan fingerprint density at radius 1 is 1.19 bits per heavy atom. The first-order chi connectivity index (χ1) is 7.49. The lowest BCUT2D eigenvalue weighted by Crippen LogP contribution is -2.07. The SMILES string of the molecule is Cc1nc2cc(C(=O)O)c(C(=O)O)cc2[nH]1. The van der Waals surface area contributed by atoms with E-state index in [1.165, 1.54) is 12.1 Å². The maximum Gasteiger partial charge on any atom is 0.336 e. The lowest BCUT2D eigenvalue weighted by molar-refractivity contribution is 0.0652. The number of benzene rings is 1. The Hall–Kier alpha value is -2.37. The average molecular weight is 220 g/mol. The molecule has 0 fully saturated rings. The van der Waals surface area contributed by atoms with E-state index < -0.39 is 11.9 Å². The van der Waals surface area contributed by atoms with Gasteiger partial charge in [0, 0.05) is 0 Å². The maximum atomic E-state index is 10.9. The molecule has 0 aliphatic carbocycles. The molecule has 0 aliphatic heterocycles. The van der Waals surface area contributed by atoms with Crippen molar-refractivity contribution >= 4 is 23.0 Å². The van der Waals surface area contributed by atoms with Gasteiger partial charge in [0.2, 0.25) is 0 Å². The van der Waals surface area contributed by atoms with Crippen LogP contribution in [0.4, 0.5) is 0 Å². The van der Waals surface area contributed by atoms with Gasteiger partial charge in [-0.2, -0.15) is 0 Å². The molecule has 0 saturated carbocycles. The molecule has 3 N–H and O–H groups in total. The molecule has 1 aromatic carbocycles. The predicted octanol–water partition coefficient (Wildman–Crippen LogP) is 1.27. The summed E-state index contributed by atoms with van der Waals surface area (Å²) >= 11 is 0. The molecule has 0 atom stereocenters. The number of H-pyrrole nitrogens is 1. The van der Waals surface area contributed by atoms with Crippen molar-refractivity contribution in [3.05, 3.63) is 29.1 Å². The molecule has 2 rings (SSSR count). The molecular formula is C10H8N2O4. The molecule has 0 spiro atoms. The number of aryl methyl sites for hydroxylation is 1. The first-order valence-corrected chi connectivity index (χ1v) is 4.46. The van der Waals surface area contributed by atoms with Gasteiger partial charge in [0.1, 0.15) is 5.82 Å². The standard InChI is InChI=1S/C10H8N2O4/c1-4-11-7-2-5(9(13)14)6(10(15)16)3-8(7)12-4/h2-3H,1H3,(H,11,12)(H,13,14)(H,15,16). The smallest absolute Gasteiger partial charge is 0.336 e. The van der Waals surface area contributed by atoms with Crippen molar-refractivity contribution in [2.45, 2.75) is 6.92 Å². The van der Waals surface area contributed by atoms with Gasteiger partial charge in [-0.15, -0.1) is 0 Å². The summed E-state index contributed by atoms with van der Waals surface area (Å²) in [6.45, 7) is 1.71. The van der Waals surface area contributed by atoms with E-state index in [9.17, 15) is 9.59 Å². The first-order valence-electron chi connectivity index (χ1n) is 4.46. The number of carboxylic acid groups (broad SMARTS) is 2. The van der Waals surface area contributed by atoms with Gasteiger partial charge in [0.15, 0.2) is 0 Å². The van der Waals surface area contributed by atoms with Gasteiger partial charge < -0.3 is 15.2 Å². The van der Waals surface area contributed by atoms with Crippen LogP contribution in [-0.2, 0) is 0 Å². The highest BCUT2D eigenvalue weighted by atomic mass is 16.4. The molecule has 0 amide bonds. The van der Waals surface area contributed by atoms with Crippen LogP contribution in [0.5, 0.6) is 0 Å². The Balaban J connectivity index is 2.80. The van der Waals surface area contributed by atoms with Crippen LogP contribution in [0.1, 0.15) is 26.5 Å². The van der Waals surface area contributed by atoms with Gasteiger partial charge >= 0.3 is 11.9 Å². The van der Waals surface area contributed by atoms with Crippen molar-refractivity contribution in [2.24, 2.45) is 0 Å². The molecule has 1 heterocycles. The fourth-order valence-electron chi connectivity index (χ4n) is 1.54. The molecule has 1 aromatic heterocycles. The number of aromatic carboxylic acids is 2. The number of rotatable bonds is 2. The monoisotopic (exact) mass is 220 g/mol. The largest absolute Gasteiger partial charge is 0.478 e. The Morgan fingerprint density at radius 3 is 2.31 bits per heavy atom. The van der Waals surface area contributed by atoms with Gasteiger partial charge in [-0.1, -0.05) is 0 Å². The number of hydrogen-bond donors (Lipinski definition) is 3. The highest BCUT2D eigenvalue weighted by Crippen LogP contribution is 2.18. The van der Waals surface area contributed by atoms with Gasteiger partial charge in [-0.25, -0.2) is 14.6 Å². The van der Waals surface area contributed by atoms with E-state index in [1.54, 1.807) is 6.92 Å². The summed E-state index contributed by atoms with van der Waals surface area (Å²) in [7, 11) is 0. The zero-order valence-corrected chi connectivity index (χ0v) is 8.31. The predicted molar refractivity (Wildman–Crippen MR) is 54.7 cm³/mol. The molecule has 16 heavy (non-hydrogen) atoms. The highest BCUT2D eigenvalue weighted by Gasteiger charge is 2.18. The second-order valence-corrected chi connectivity index (χ2v) is 3.35. The van der Waals surface area contributed by atoms with E-state index in [4.69, 9.17) is 10.2 Å². The Morgan fingerprint density at radius 2 is 1.75 bits per heavy atom. The molecule has 0 radical (unpaired) electrons. The fourth-order valence-corrected chi connectivity index (χ4v) is 1.54. The summed E-state index contributed by atoms with van der Waals surface area (Å²) in [5, 5.41) is 17.8. The van der Waals surface area contributed by atoms with E-state index >= 15 is 0 Å². The van der Waals surface area contributed by atoms with Crippen LogP contribution in [0.15, 0.2) is 12.1 Å². The normalized spacial score (nSPS) is 10.6. The summed E-state index contributed by atoms with van der Waals surface area (Å²) in [4.78, 5) is 28.7. The minimum Gasteiger partial charge on any atom is -0.478 e. The Bertz CT molecular complexity index is 549. The van der Waals surface area contributed by atoms with Crippen molar-refractivity contribution < 1.29 is 19.8 Å². The van der Waals surface area contributed by atoms with Crippen LogP contribution in [0.2, 0.25) is 0 Å². The first kappa shape index (κ1) is 10.2. The topological polar surface area (TPSA) is 103 Å². The van der Waals surface area contributed by atoms with Crippen LogP contribution >= 0.6 is 0 Å². The Kier molecular flexibility index (Phi) is 2.12. The maximum absolute atomic E-state index is 10.9. The van der Waals surface area contributed by atoms with E-state index in [-0.39, 0.29) is 11.1 Å². The van der Waals surface area contributed by atoms with E-state index in [0.29, 0.717) is 16.9 Å². The minimum absolute atomic E-state index is 0.247. The second-order valence-electron chi connectivity index (χ2n) is 3.35. The zero-order chi connectivity index (χ0) is 11.9. The average Bonchev–Trinajstić information content (AvgIpc) is 2.54. The summed E-state index contributed by atoms with van der Waals surface area (Å²) in [5.74, 6) is -1.94. The van der Waals surface area contributed by atoms with Crippen molar-refractivity contribution in [2.75, 3.05) is 0 Å². The molecule has 6 nitrogen and oxygen atoms in total. The van der Waals surface area contributed by atoms with E-state index in [2.05, 4.69) is 9.97 Å². The molecule has 82 valence electrons. The number of fused-ring (bicyclic) bond motifs is 1. The molecule has 0 aliphatic rings. The highest BCUT2D eigenvalue weighted by molar-refractivity contribution is 6.05. The fraction of sp³-hybridized carbons (Fsp3) is 0.100. The summed E-state index contributed by atoms with van der Waals surface area (Å²) in [6, 6.07) is 2.53. The van der Waals surface area contributed by atoms with Gasteiger partial charge in [0.25, 0.3) is 0 Å². The summed E-state index contributed by atoms with van der Waals surface area (Å²) in [6.07, 6.45) is 0. The third-order valence-corrected chi connectivity index (χ3v) is 2.20. The third kappa shape index (κ3) is 1.50. The molecule has 0 saturated heterocycles. The number of hydrogen-bond acceptors (Lipinski definition) is 3. The lowest BCUT2D eigenvalue weighted by atomic mass is 10.1. The van der Waals surface area contributed by atoms with Crippen molar-refractivity contribution in [1.29, 1.82) is 0 Å². The van der Waals surface area contributed by atoms with Gasteiger partial charge in [-0.3, -0.25) is 0 Å². The van der Waals surface area contributed by atoms with Crippen LogP contribution in [0, 0.1) is 6.92 Å². The van der Waals surface area contributed by atoms with E-state index in [1.807, 2.05) is 0 Å². The molecule has 0 unspecified atom stereocenters. The van der Waals surface area contributed by atoms with E-state index in [0.717, 1.165) is 0 Å². The zero-order valence-electron chi connectivity index (χ0n) is 8.31. The van der Waals surface area contributed by atoms with Crippen LogP contribution in [0.25, 0.3) is 11.0 Å². The number of carboxylic acids is 2. The van der Waals surface area contributed by atoms with Gasteiger partial charge in [-0.05, 0) is 19.1 Å². The van der Waals surface area contributed by atoms with Crippen molar-refractivity contribution in [3.8, 4) is 0 Å². The van der Waals surface area contributed by atoms with Crippen molar-refractivity contribution in [1.82, 2.24) is 9.97 Å². The van der Waals surface area contributed by atoms with Gasteiger partial charge in [0.05, 0.1) is 22.2 Å². The number of imidazole rings is 1. The number of nitrogens with zero attached hydrogens (tertiary/aromatic N) is 1. The number of aromatic nitrogens is 2. The molecular weight excluding hydrogens is 212 g/mol. The summed E-state index contributed by atoms with van der Waals surface area (Å²) in [5.41, 5.74) is 0.454. The van der Waals surface area contributed by atoms with Crippen LogP contribution < -0.4 is 0 Å². The van der Waals surface area contributed by atoms with Crippen molar-refractivity contribution in [3.63, 3.8) is 0 Å².